The van der Waals surface area contributed by atoms with Crippen LogP contribution < -0.4 is 5.73 Å². The number of halogens is 2. The lowest BCUT2D eigenvalue weighted by Gasteiger charge is -2.33. The zero-order chi connectivity index (χ0) is 23.4. The molecule has 1 atom stereocenters. The number of benzene rings is 3. The second kappa shape index (κ2) is 10.6. The number of anilines is 1. The number of nitrogen functional groups attached to an aromatic ring is 1. The summed E-state index contributed by atoms with van der Waals surface area (Å²) in [5.74, 6) is -0.405. The fourth-order valence-electron chi connectivity index (χ4n) is 4.61. The van der Waals surface area contributed by atoms with Gasteiger partial charge >= 0.3 is 0 Å². The van der Waals surface area contributed by atoms with Gasteiger partial charge in [-0.05, 0) is 79.0 Å². The Morgan fingerprint density at radius 1 is 0.909 bits per heavy atom. The number of likely N-dealkylation sites (N-methyl/N-ethyl adjacent to an activating group) is 1. The van der Waals surface area contributed by atoms with Gasteiger partial charge in [0.25, 0.3) is 0 Å². The monoisotopic (exact) mass is 481 g/mol. The fraction of sp³-hybridized carbons (Fsp3) is 0.296. The van der Waals surface area contributed by atoms with Crippen LogP contribution in [0.1, 0.15) is 41.5 Å². The van der Waals surface area contributed by atoms with Crippen molar-refractivity contribution in [2.75, 3.05) is 32.4 Å². The second-order valence-corrected chi connectivity index (χ2v) is 9.56. The van der Waals surface area contributed by atoms with Crippen LogP contribution in [-0.2, 0) is 4.79 Å². The highest BCUT2D eigenvalue weighted by atomic mass is 35.5. The summed E-state index contributed by atoms with van der Waals surface area (Å²) in [6.45, 7) is 2.64. The summed E-state index contributed by atoms with van der Waals surface area (Å²) in [6, 6.07) is 23.1. The standard InChI is InChI=1S/C27H29Cl2N3O/c1-31(18-25(32-15-2-3-16-32)21-5-4-6-24(30)17-21)27(33)26(19-7-11-22(28)12-8-19)20-9-13-23(29)14-10-20/h4-14,17,25-26H,2-3,15-16,18,30H2,1H3. The van der Waals surface area contributed by atoms with Crippen molar-refractivity contribution < 1.29 is 4.79 Å². The van der Waals surface area contributed by atoms with Crippen molar-refractivity contribution in [2.45, 2.75) is 24.8 Å². The molecule has 0 aromatic heterocycles. The van der Waals surface area contributed by atoms with E-state index in [1.165, 1.54) is 12.8 Å². The number of nitrogens with two attached hydrogens (primary N) is 1. The topological polar surface area (TPSA) is 49.6 Å². The molecule has 3 aromatic carbocycles. The number of nitrogens with zero attached hydrogens (tertiary/aromatic N) is 2. The molecule has 1 unspecified atom stereocenters. The van der Waals surface area contributed by atoms with Crippen LogP contribution in [0.3, 0.4) is 0 Å². The maximum absolute atomic E-state index is 13.9. The van der Waals surface area contributed by atoms with E-state index in [9.17, 15) is 4.79 Å². The molecule has 4 nitrogen and oxygen atoms in total. The van der Waals surface area contributed by atoms with Crippen molar-refractivity contribution in [1.29, 1.82) is 0 Å². The summed E-state index contributed by atoms with van der Waals surface area (Å²) < 4.78 is 0. The molecule has 0 spiro atoms. The summed E-state index contributed by atoms with van der Waals surface area (Å²) in [5, 5.41) is 1.29. The molecule has 1 fully saturated rings. The Morgan fingerprint density at radius 2 is 1.45 bits per heavy atom. The average molecular weight is 482 g/mol. The first-order chi connectivity index (χ1) is 15.9. The van der Waals surface area contributed by atoms with Gasteiger partial charge in [0, 0.05) is 29.3 Å². The number of carbonyl (C=O) groups excluding carboxylic acids is 1. The highest BCUT2D eigenvalue weighted by Gasteiger charge is 2.30. The molecule has 1 saturated heterocycles. The number of hydrogen-bond acceptors (Lipinski definition) is 3. The minimum absolute atomic E-state index is 0.0349. The van der Waals surface area contributed by atoms with Crippen molar-refractivity contribution in [3.8, 4) is 0 Å². The Bertz CT molecular complexity index is 1030. The van der Waals surface area contributed by atoms with E-state index < -0.39 is 5.92 Å². The van der Waals surface area contributed by atoms with Crippen LogP contribution in [0.2, 0.25) is 10.0 Å². The number of likely N-dealkylation sites (tertiary alicyclic amines) is 1. The SMILES string of the molecule is CN(CC(c1cccc(N)c1)N1CCCC1)C(=O)C(c1ccc(Cl)cc1)c1ccc(Cl)cc1. The van der Waals surface area contributed by atoms with Crippen LogP contribution in [0.5, 0.6) is 0 Å². The molecular weight excluding hydrogens is 453 g/mol. The lowest BCUT2D eigenvalue weighted by molar-refractivity contribution is -0.131. The van der Waals surface area contributed by atoms with Gasteiger partial charge in [0.05, 0.1) is 12.0 Å². The molecule has 0 aliphatic carbocycles. The Hall–Kier alpha value is -2.53. The number of hydrogen-bond donors (Lipinski definition) is 1. The molecule has 4 rings (SSSR count). The predicted octanol–water partition coefficient (Wildman–Crippen LogP) is 6.00. The molecule has 3 aromatic rings. The van der Waals surface area contributed by atoms with E-state index in [-0.39, 0.29) is 11.9 Å². The predicted molar refractivity (Wildman–Crippen MR) is 137 cm³/mol. The van der Waals surface area contributed by atoms with Gasteiger partial charge in [-0.3, -0.25) is 9.69 Å². The van der Waals surface area contributed by atoms with Crippen molar-refractivity contribution in [3.63, 3.8) is 0 Å². The lowest BCUT2D eigenvalue weighted by atomic mass is 9.90. The molecule has 172 valence electrons. The molecule has 0 radical (unpaired) electrons. The summed E-state index contributed by atoms with van der Waals surface area (Å²) in [6.07, 6.45) is 2.35. The average Bonchev–Trinajstić information content (AvgIpc) is 3.34. The minimum atomic E-state index is -0.440. The highest BCUT2D eigenvalue weighted by molar-refractivity contribution is 6.30. The summed E-state index contributed by atoms with van der Waals surface area (Å²) in [4.78, 5) is 18.2. The van der Waals surface area contributed by atoms with E-state index in [1.54, 1.807) is 0 Å². The molecule has 0 saturated carbocycles. The van der Waals surface area contributed by atoms with Gasteiger partial charge in [0.2, 0.25) is 5.91 Å². The van der Waals surface area contributed by atoms with E-state index in [0.717, 1.165) is 35.5 Å². The molecule has 1 aliphatic rings. The molecule has 2 N–H and O–H groups in total. The molecular formula is C27H29Cl2N3O. The normalized spacial score (nSPS) is 15.0. The molecule has 0 bridgehead atoms. The number of rotatable bonds is 7. The van der Waals surface area contributed by atoms with Gasteiger partial charge in [-0.25, -0.2) is 0 Å². The first-order valence-corrected chi connectivity index (χ1v) is 12.0. The van der Waals surface area contributed by atoms with E-state index in [1.807, 2.05) is 78.7 Å². The first kappa shape index (κ1) is 23.6. The van der Waals surface area contributed by atoms with Crippen molar-refractivity contribution in [1.82, 2.24) is 9.80 Å². The summed E-state index contributed by atoms with van der Waals surface area (Å²) in [7, 11) is 1.89. The smallest absolute Gasteiger partial charge is 0.234 e. The highest BCUT2D eigenvalue weighted by Crippen LogP contribution is 2.31. The number of amides is 1. The van der Waals surface area contributed by atoms with Crippen molar-refractivity contribution in [2.24, 2.45) is 0 Å². The Balaban J connectivity index is 1.64. The van der Waals surface area contributed by atoms with Crippen LogP contribution in [0.4, 0.5) is 5.69 Å². The van der Waals surface area contributed by atoms with Gasteiger partial charge in [-0.15, -0.1) is 0 Å². The van der Waals surface area contributed by atoms with Gasteiger partial charge in [-0.1, -0.05) is 59.6 Å². The molecule has 6 heteroatoms. The third kappa shape index (κ3) is 5.70. The maximum Gasteiger partial charge on any atom is 0.234 e. The van der Waals surface area contributed by atoms with Crippen LogP contribution >= 0.6 is 23.2 Å². The Morgan fingerprint density at radius 3 is 1.97 bits per heavy atom. The van der Waals surface area contributed by atoms with Gasteiger partial charge in [-0.2, -0.15) is 0 Å². The molecule has 1 amide bonds. The molecule has 1 aliphatic heterocycles. The third-order valence-corrected chi connectivity index (χ3v) is 6.86. The zero-order valence-electron chi connectivity index (χ0n) is 18.8. The third-order valence-electron chi connectivity index (χ3n) is 6.35. The first-order valence-electron chi connectivity index (χ1n) is 11.3. The fourth-order valence-corrected chi connectivity index (χ4v) is 4.86. The van der Waals surface area contributed by atoms with E-state index in [0.29, 0.717) is 16.6 Å². The number of carbonyl (C=O) groups is 1. The lowest BCUT2D eigenvalue weighted by Crippen LogP contribution is -2.40. The zero-order valence-corrected chi connectivity index (χ0v) is 20.3. The summed E-state index contributed by atoms with van der Waals surface area (Å²) in [5.41, 5.74) is 9.78. The second-order valence-electron chi connectivity index (χ2n) is 8.68. The van der Waals surface area contributed by atoms with Gasteiger partial charge < -0.3 is 10.6 Å². The van der Waals surface area contributed by atoms with E-state index >= 15 is 0 Å². The quantitative estimate of drug-likeness (QED) is 0.420. The molecule has 33 heavy (non-hydrogen) atoms. The van der Waals surface area contributed by atoms with Crippen LogP contribution in [-0.4, -0.2) is 42.4 Å². The minimum Gasteiger partial charge on any atom is -0.399 e. The van der Waals surface area contributed by atoms with Crippen LogP contribution in [0.15, 0.2) is 72.8 Å². The maximum atomic E-state index is 13.9. The van der Waals surface area contributed by atoms with E-state index in [2.05, 4.69) is 11.0 Å². The van der Waals surface area contributed by atoms with Crippen LogP contribution in [0, 0.1) is 0 Å². The van der Waals surface area contributed by atoms with Crippen molar-refractivity contribution >= 4 is 34.8 Å². The van der Waals surface area contributed by atoms with Crippen LogP contribution in [0.25, 0.3) is 0 Å². The van der Waals surface area contributed by atoms with Crippen molar-refractivity contribution in [3.05, 3.63) is 99.5 Å². The van der Waals surface area contributed by atoms with Gasteiger partial charge in [0.1, 0.15) is 0 Å². The largest absolute Gasteiger partial charge is 0.399 e. The van der Waals surface area contributed by atoms with Gasteiger partial charge in [0.15, 0.2) is 0 Å². The van der Waals surface area contributed by atoms with E-state index in [4.69, 9.17) is 28.9 Å². The Labute approximate surface area is 205 Å². The summed E-state index contributed by atoms with van der Waals surface area (Å²) >= 11 is 12.2. The Kier molecular flexibility index (Phi) is 7.59. The molecule has 1 heterocycles.